The maximum atomic E-state index is 12.1. The van der Waals surface area contributed by atoms with Gasteiger partial charge >= 0.3 is 0 Å². The fourth-order valence-electron chi connectivity index (χ4n) is 2.10. The molecule has 0 atom stereocenters. The summed E-state index contributed by atoms with van der Waals surface area (Å²) in [4.78, 5) is 14.0. The SMILES string of the molecule is COc1ccc(CN(C)CC(=O)Nc2ccccc2Br)cc1. The third-order valence-corrected chi connectivity index (χ3v) is 3.86. The van der Waals surface area contributed by atoms with E-state index in [2.05, 4.69) is 21.2 Å². The zero-order valence-electron chi connectivity index (χ0n) is 12.7. The molecule has 1 N–H and O–H groups in total. The zero-order valence-corrected chi connectivity index (χ0v) is 14.3. The van der Waals surface area contributed by atoms with Crippen LogP contribution >= 0.6 is 15.9 Å². The molecule has 116 valence electrons. The quantitative estimate of drug-likeness (QED) is 0.854. The molecule has 0 aliphatic carbocycles. The van der Waals surface area contributed by atoms with Crippen LogP contribution in [0.4, 0.5) is 5.69 Å². The van der Waals surface area contributed by atoms with Crippen molar-refractivity contribution in [1.29, 1.82) is 0 Å². The molecular weight excluding hydrogens is 344 g/mol. The highest BCUT2D eigenvalue weighted by atomic mass is 79.9. The first-order chi connectivity index (χ1) is 10.6. The number of para-hydroxylation sites is 1. The Morgan fingerprint density at radius 1 is 1.18 bits per heavy atom. The minimum atomic E-state index is -0.0390. The summed E-state index contributed by atoms with van der Waals surface area (Å²) in [6, 6.07) is 15.4. The molecular formula is C17H19BrN2O2. The van der Waals surface area contributed by atoms with Crippen molar-refractivity contribution in [3.63, 3.8) is 0 Å². The summed E-state index contributed by atoms with van der Waals surface area (Å²) >= 11 is 3.42. The number of hydrogen-bond donors (Lipinski definition) is 1. The number of likely N-dealkylation sites (N-methyl/N-ethyl adjacent to an activating group) is 1. The van der Waals surface area contributed by atoms with E-state index in [0.717, 1.165) is 21.5 Å². The molecule has 0 unspecified atom stereocenters. The van der Waals surface area contributed by atoms with Gasteiger partial charge in [-0.1, -0.05) is 24.3 Å². The average molecular weight is 363 g/mol. The maximum Gasteiger partial charge on any atom is 0.238 e. The largest absolute Gasteiger partial charge is 0.497 e. The first-order valence-corrected chi connectivity index (χ1v) is 7.73. The van der Waals surface area contributed by atoms with Gasteiger partial charge in [0.1, 0.15) is 5.75 Å². The first-order valence-electron chi connectivity index (χ1n) is 6.94. The minimum absolute atomic E-state index is 0.0390. The van der Waals surface area contributed by atoms with Gasteiger partial charge < -0.3 is 10.1 Å². The van der Waals surface area contributed by atoms with Crippen molar-refractivity contribution in [1.82, 2.24) is 4.90 Å². The summed E-state index contributed by atoms with van der Waals surface area (Å²) in [5.41, 5.74) is 1.92. The van der Waals surface area contributed by atoms with Crippen molar-refractivity contribution in [3.05, 3.63) is 58.6 Å². The van der Waals surface area contributed by atoms with Gasteiger partial charge in [0.05, 0.1) is 19.3 Å². The van der Waals surface area contributed by atoms with Crippen molar-refractivity contribution in [2.24, 2.45) is 0 Å². The van der Waals surface area contributed by atoms with Crippen LogP contribution in [-0.2, 0) is 11.3 Å². The Labute approximate surface area is 139 Å². The zero-order chi connectivity index (χ0) is 15.9. The van der Waals surface area contributed by atoms with Gasteiger partial charge in [-0.3, -0.25) is 9.69 Å². The molecule has 5 heteroatoms. The minimum Gasteiger partial charge on any atom is -0.497 e. The second-order valence-corrected chi connectivity index (χ2v) is 5.90. The molecule has 0 aliphatic heterocycles. The number of halogens is 1. The van der Waals surface area contributed by atoms with Gasteiger partial charge in [0.25, 0.3) is 0 Å². The van der Waals surface area contributed by atoms with Gasteiger partial charge in [0, 0.05) is 11.0 Å². The predicted molar refractivity (Wildman–Crippen MR) is 92.1 cm³/mol. The van der Waals surface area contributed by atoms with Crippen molar-refractivity contribution in [2.75, 3.05) is 26.0 Å². The molecule has 2 aromatic rings. The molecule has 1 amide bonds. The molecule has 0 heterocycles. The summed E-state index contributed by atoms with van der Waals surface area (Å²) in [6.07, 6.45) is 0. The Hall–Kier alpha value is -1.85. The second-order valence-electron chi connectivity index (χ2n) is 5.05. The molecule has 0 aliphatic rings. The molecule has 0 saturated heterocycles. The Balaban J connectivity index is 1.87. The van der Waals surface area contributed by atoms with Crippen LogP contribution in [0.3, 0.4) is 0 Å². The molecule has 0 saturated carbocycles. The van der Waals surface area contributed by atoms with E-state index in [4.69, 9.17) is 4.74 Å². The lowest BCUT2D eigenvalue weighted by atomic mass is 10.2. The van der Waals surface area contributed by atoms with Gasteiger partial charge in [-0.05, 0) is 52.8 Å². The fraction of sp³-hybridized carbons (Fsp3) is 0.235. The maximum absolute atomic E-state index is 12.1. The standard InChI is InChI=1S/C17H19BrN2O2/c1-20(11-13-7-9-14(22-2)10-8-13)12-17(21)19-16-6-4-3-5-15(16)18/h3-10H,11-12H2,1-2H3,(H,19,21). The number of nitrogens with one attached hydrogen (secondary N) is 1. The number of rotatable bonds is 6. The third-order valence-electron chi connectivity index (χ3n) is 3.17. The van der Waals surface area contributed by atoms with E-state index in [9.17, 15) is 4.79 Å². The monoisotopic (exact) mass is 362 g/mol. The van der Waals surface area contributed by atoms with Crippen LogP contribution < -0.4 is 10.1 Å². The lowest BCUT2D eigenvalue weighted by molar-refractivity contribution is -0.117. The van der Waals surface area contributed by atoms with Crippen LogP contribution in [0.2, 0.25) is 0 Å². The van der Waals surface area contributed by atoms with Gasteiger partial charge in [-0.15, -0.1) is 0 Å². The van der Waals surface area contributed by atoms with E-state index >= 15 is 0 Å². The van der Waals surface area contributed by atoms with Crippen LogP contribution in [0.5, 0.6) is 5.75 Å². The average Bonchev–Trinajstić information content (AvgIpc) is 2.50. The number of carbonyl (C=O) groups is 1. The van der Waals surface area contributed by atoms with E-state index in [1.54, 1.807) is 7.11 Å². The van der Waals surface area contributed by atoms with E-state index in [1.165, 1.54) is 0 Å². The van der Waals surface area contributed by atoms with Crippen molar-refractivity contribution >= 4 is 27.5 Å². The summed E-state index contributed by atoms with van der Waals surface area (Å²) in [5, 5.41) is 2.90. The molecule has 0 spiro atoms. The van der Waals surface area contributed by atoms with E-state index in [0.29, 0.717) is 13.1 Å². The Morgan fingerprint density at radius 2 is 1.86 bits per heavy atom. The van der Waals surface area contributed by atoms with Crippen molar-refractivity contribution in [3.8, 4) is 5.75 Å². The van der Waals surface area contributed by atoms with Gasteiger partial charge in [0.15, 0.2) is 0 Å². The summed E-state index contributed by atoms with van der Waals surface area (Å²) < 4.78 is 6.01. The molecule has 0 radical (unpaired) electrons. The first kappa shape index (κ1) is 16.5. The smallest absolute Gasteiger partial charge is 0.238 e. The number of benzene rings is 2. The van der Waals surface area contributed by atoms with Gasteiger partial charge in [-0.25, -0.2) is 0 Å². The third kappa shape index (κ3) is 4.86. The lowest BCUT2D eigenvalue weighted by Gasteiger charge is -2.17. The number of methoxy groups -OCH3 is 1. The number of hydrogen-bond acceptors (Lipinski definition) is 3. The van der Waals surface area contributed by atoms with Crippen LogP contribution in [0.15, 0.2) is 53.0 Å². The number of nitrogens with zero attached hydrogens (tertiary/aromatic N) is 1. The highest BCUT2D eigenvalue weighted by Crippen LogP contribution is 2.21. The molecule has 0 aromatic heterocycles. The van der Waals surface area contributed by atoms with E-state index < -0.39 is 0 Å². The highest BCUT2D eigenvalue weighted by molar-refractivity contribution is 9.10. The van der Waals surface area contributed by atoms with Gasteiger partial charge in [0.2, 0.25) is 5.91 Å². The Kier molecular flexibility index (Phi) is 5.98. The van der Waals surface area contributed by atoms with Crippen molar-refractivity contribution in [2.45, 2.75) is 6.54 Å². The fourth-order valence-corrected chi connectivity index (χ4v) is 2.48. The Morgan fingerprint density at radius 3 is 2.50 bits per heavy atom. The molecule has 2 aromatic carbocycles. The highest BCUT2D eigenvalue weighted by Gasteiger charge is 2.09. The van der Waals surface area contributed by atoms with E-state index in [-0.39, 0.29) is 5.91 Å². The molecule has 0 fully saturated rings. The van der Waals surface area contributed by atoms with Crippen LogP contribution in [0.1, 0.15) is 5.56 Å². The van der Waals surface area contributed by atoms with Crippen LogP contribution in [0.25, 0.3) is 0 Å². The number of ether oxygens (including phenoxy) is 1. The predicted octanol–water partition coefficient (Wildman–Crippen LogP) is 3.53. The molecule has 0 bridgehead atoms. The van der Waals surface area contributed by atoms with Crippen LogP contribution in [-0.4, -0.2) is 31.5 Å². The number of anilines is 1. The Bertz CT molecular complexity index is 629. The normalized spacial score (nSPS) is 10.5. The lowest BCUT2D eigenvalue weighted by Crippen LogP contribution is -2.29. The second kappa shape index (κ2) is 7.96. The van der Waals surface area contributed by atoms with Crippen molar-refractivity contribution < 1.29 is 9.53 Å². The topological polar surface area (TPSA) is 41.6 Å². The molecule has 4 nitrogen and oxygen atoms in total. The summed E-state index contributed by atoms with van der Waals surface area (Å²) in [7, 11) is 3.57. The van der Waals surface area contributed by atoms with Gasteiger partial charge in [-0.2, -0.15) is 0 Å². The summed E-state index contributed by atoms with van der Waals surface area (Å²) in [5.74, 6) is 0.793. The molecule has 2 rings (SSSR count). The molecule has 22 heavy (non-hydrogen) atoms. The van der Waals surface area contributed by atoms with Crippen LogP contribution in [0, 0.1) is 0 Å². The summed E-state index contributed by atoms with van der Waals surface area (Å²) in [6.45, 7) is 1.03. The number of carbonyl (C=O) groups excluding carboxylic acids is 1. The number of amides is 1. The van der Waals surface area contributed by atoms with E-state index in [1.807, 2.05) is 60.5 Å².